The summed E-state index contributed by atoms with van der Waals surface area (Å²) in [6, 6.07) is 0.0292. The van der Waals surface area contributed by atoms with Crippen LogP contribution in [-0.4, -0.2) is 36.5 Å². The molecule has 0 aromatic carbocycles. The van der Waals surface area contributed by atoms with Gasteiger partial charge in [0.2, 0.25) is 5.91 Å². The maximum absolute atomic E-state index is 11.9. The summed E-state index contributed by atoms with van der Waals surface area (Å²) in [5, 5.41) is 3.01. The van der Waals surface area contributed by atoms with Gasteiger partial charge in [-0.3, -0.25) is 9.69 Å². The van der Waals surface area contributed by atoms with E-state index in [-0.39, 0.29) is 11.9 Å². The third-order valence-electron chi connectivity index (χ3n) is 3.30. The maximum atomic E-state index is 11.9. The zero-order valence-corrected chi connectivity index (χ0v) is 11.1. The molecule has 0 unspecified atom stereocenters. The molecule has 1 amide bonds. The van der Waals surface area contributed by atoms with Crippen LogP contribution in [0.5, 0.6) is 0 Å². The monoisotopic (exact) mass is 226 g/mol. The van der Waals surface area contributed by atoms with E-state index in [1.165, 1.54) is 12.8 Å². The molecule has 0 radical (unpaired) electrons. The zero-order valence-electron chi connectivity index (χ0n) is 11.1. The van der Waals surface area contributed by atoms with Gasteiger partial charge in [-0.1, -0.05) is 20.8 Å². The van der Waals surface area contributed by atoms with E-state index in [1.807, 2.05) is 6.92 Å². The number of nitrogens with zero attached hydrogens (tertiary/aromatic N) is 1. The van der Waals surface area contributed by atoms with Crippen LogP contribution in [0, 0.1) is 11.8 Å². The molecule has 0 bridgehead atoms. The van der Waals surface area contributed by atoms with Gasteiger partial charge in [0.05, 0.1) is 6.04 Å². The van der Waals surface area contributed by atoms with Crippen molar-refractivity contribution in [3.63, 3.8) is 0 Å². The molecule has 1 heterocycles. The fourth-order valence-corrected chi connectivity index (χ4v) is 2.20. The number of rotatable bonds is 4. The number of carbonyl (C=O) groups is 1. The molecule has 0 aromatic rings. The van der Waals surface area contributed by atoms with E-state index in [0.717, 1.165) is 25.6 Å². The molecule has 16 heavy (non-hydrogen) atoms. The number of piperidine rings is 1. The average molecular weight is 226 g/mol. The second-order valence-electron chi connectivity index (χ2n) is 5.56. The normalized spacial score (nSPS) is 24.4. The third kappa shape index (κ3) is 4.12. The van der Waals surface area contributed by atoms with E-state index < -0.39 is 0 Å². The van der Waals surface area contributed by atoms with Crippen LogP contribution < -0.4 is 5.32 Å². The van der Waals surface area contributed by atoms with Crippen molar-refractivity contribution in [1.82, 2.24) is 10.2 Å². The van der Waals surface area contributed by atoms with E-state index in [1.54, 1.807) is 0 Å². The standard InChI is InChI=1S/C13H26N2O/c1-10(2)8-14-13(16)12(4)15-7-5-6-11(3)9-15/h10-12H,5-9H2,1-4H3,(H,14,16)/t11-,12+/m0/s1. The van der Waals surface area contributed by atoms with E-state index in [2.05, 4.69) is 31.0 Å². The minimum atomic E-state index is 0.0292. The van der Waals surface area contributed by atoms with E-state index in [9.17, 15) is 4.79 Å². The van der Waals surface area contributed by atoms with Gasteiger partial charge in [-0.05, 0) is 38.1 Å². The first kappa shape index (κ1) is 13.5. The first-order valence-corrected chi connectivity index (χ1v) is 6.52. The van der Waals surface area contributed by atoms with Gasteiger partial charge in [-0.15, -0.1) is 0 Å². The van der Waals surface area contributed by atoms with Crippen molar-refractivity contribution in [3.8, 4) is 0 Å². The summed E-state index contributed by atoms with van der Waals surface area (Å²) in [5.74, 6) is 1.44. The highest BCUT2D eigenvalue weighted by molar-refractivity contribution is 5.81. The summed E-state index contributed by atoms with van der Waals surface area (Å²) in [7, 11) is 0. The minimum absolute atomic E-state index is 0.0292. The molecule has 3 nitrogen and oxygen atoms in total. The molecular weight excluding hydrogens is 200 g/mol. The Morgan fingerprint density at radius 2 is 2.12 bits per heavy atom. The van der Waals surface area contributed by atoms with Crippen LogP contribution in [0.4, 0.5) is 0 Å². The van der Waals surface area contributed by atoms with Crippen LogP contribution in [0.3, 0.4) is 0 Å². The molecule has 0 aromatic heterocycles. The van der Waals surface area contributed by atoms with Crippen molar-refractivity contribution in [2.75, 3.05) is 19.6 Å². The number of hydrogen-bond donors (Lipinski definition) is 1. The largest absolute Gasteiger partial charge is 0.354 e. The molecular formula is C13H26N2O. The molecule has 1 aliphatic heterocycles. The zero-order chi connectivity index (χ0) is 12.1. The van der Waals surface area contributed by atoms with Crippen LogP contribution in [0.1, 0.15) is 40.5 Å². The van der Waals surface area contributed by atoms with Gasteiger partial charge in [-0.2, -0.15) is 0 Å². The molecule has 94 valence electrons. The lowest BCUT2D eigenvalue weighted by Gasteiger charge is -2.34. The van der Waals surface area contributed by atoms with Crippen molar-refractivity contribution in [2.24, 2.45) is 11.8 Å². The van der Waals surface area contributed by atoms with Gasteiger partial charge in [-0.25, -0.2) is 0 Å². The van der Waals surface area contributed by atoms with Gasteiger partial charge in [0.15, 0.2) is 0 Å². The average Bonchev–Trinajstić information content (AvgIpc) is 2.24. The predicted octanol–water partition coefficient (Wildman–Crippen LogP) is 1.88. The van der Waals surface area contributed by atoms with Crippen molar-refractivity contribution < 1.29 is 4.79 Å². The quantitative estimate of drug-likeness (QED) is 0.794. The highest BCUT2D eigenvalue weighted by Crippen LogP contribution is 2.17. The summed E-state index contributed by atoms with van der Waals surface area (Å²) in [4.78, 5) is 14.2. The van der Waals surface area contributed by atoms with E-state index in [4.69, 9.17) is 0 Å². The van der Waals surface area contributed by atoms with Crippen LogP contribution in [0.25, 0.3) is 0 Å². The third-order valence-corrected chi connectivity index (χ3v) is 3.30. The first-order valence-electron chi connectivity index (χ1n) is 6.52. The summed E-state index contributed by atoms with van der Waals surface area (Å²) in [6.45, 7) is 11.4. The topological polar surface area (TPSA) is 32.3 Å². The Balaban J connectivity index is 2.37. The van der Waals surface area contributed by atoms with Crippen molar-refractivity contribution in [3.05, 3.63) is 0 Å². The molecule has 0 spiro atoms. The predicted molar refractivity (Wildman–Crippen MR) is 67.3 cm³/mol. The van der Waals surface area contributed by atoms with Gasteiger partial charge < -0.3 is 5.32 Å². The summed E-state index contributed by atoms with van der Waals surface area (Å²) < 4.78 is 0. The Hall–Kier alpha value is -0.570. The Bertz CT molecular complexity index is 228. The van der Waals surface area contributed by atoms with Crippen molar-refractivity contribution in [1.29, 1.82) is 0 Å². The van der Waals surface area contributed by atoms with Crippen LogP contribution >= 0.6 is 0 Å². The molecule has 1 saturated heterocycles. The Morgan fingerprint density at radius 1 is 1.44 bits per heavy atom. The van der Waals surface area contributed by atoms with Crippen molar-refractivity contribution >= 4 is 5.91 Å². The van der Waals surface area contributed by atoms with Gasteiger partial charge >= 0.3 is 0 Å². The number of hydrogen-bond acceptors (Lipinski definition) is 2. The molecule has 0 aliphatic carbocycles. The number of amides is 1. The van der Waals surface area contributed by atoms with Gasteiger partial charge in [0.1, 0.15) is 0 Å². The molecule has 2 atom stereocenters. The number of nitrogens with one attached hydrogen (secondary N) is 1. The first-order chi connectivity index (χ1) is 7.50. The second kappa shape index (κ2) is 6.24. The molecule has 1 rings (SSSR count). The van der Waals surface area contributed by atoms with Gasteiger partial charge in [0.25, 0.3) is 0 Å². The highest BCUT2D eigenvalue weighted by atomic mass is 16.2. The van der Waals surface area contributed by atoms with Crippen LogP contribution in [0.15, 0.2) is 0 Å². The summed E-state index contributed by atoms with van der Waals surface area (Å²) in [6.07, 6.45) is 2.53. The Kier molecular flexibility index (Phi) is 5.26. The SMILES string of the molecule is CC(C)CNC(=O)[C@@H](C)N1CCC[C@H](C)C1. The minimum Gasteiger partial charge on any atom is -0.354 e. The highest BCUT2D eigenvalue weighted by Gasteiger charge is 2.25. The maximum Gasteiger partial charge on any atom is 0.237 e. The molecule has 1 fully saturated rings. The van der Waals surface area contributed by atoms with Crippen LogP contribution in [-0.2, 0) is 4.79 Å². The summed E-state index contributed by atoms with van der Waals surface area (Å²) >= 11 is 0. The number of likely N-dealkylation sites (tertiary alicyclic amines) is 1. The van der Waals surface area contributed by atoms with E-state index >= 15 is 0 Å². The molecule has 1 N–H and O–H groups in total. The Labute approximate surface area is 99.6 Å². The fraction of sp³-hybridized carbons (Fsp3) is 0.923. The fourth-order valence-electron chi connectivity index (χ4n) is 2.20. The summed E-state index contributed by atoms with van der Waals surface area (Å²) in [5.41, 5.74) is 0. The lowest BCUT2D eigenvalue weighted by molar-refractivity contribution is -0.126. The molecule has 3 heteroatoms. The molecule has 1 aliphatic rings. The Morgan fingerprint density at radius 3 is 2.69 bits per heavy atom. The second-order valence-corrected chi connectivity index (χ2v) is 5.56. The number of carbonyl (C=O) groups excluding carboxylic acids is 1. The lowest BCUT2D eigenvalue weighted by atomic mass is 9.99. The molecule has 0 saturated carbocycles. The smallest absolute Gasteiger partial charge is 0.237 e. The van der Waals surface area contributed by atoms with Gasteiger partial charge in [0, 0.05) is 13.1 Å². The van der Waals surface area contributed by atoms with Crippen LogP contribution in [0.2, 0.25) is 0 Å². The van der Waals surface area contributed by atoms with E-state index in [0.29, 0.717) is 5.92 Å². The lowest BCUT2D eigenvalue weighted by Crippen LogP contribution is -2.49. The van der Waals surface area contributed by atoms with Crippen molar-refractivity contribution in [2.45, 2.75) is 46.6 Å².